The van der Waals surface area contributed by atoms with E-state index in [1.165, 1.54) is 6.33 Å². The molecule has 1 aromatic carbocycles. The van der Waals surface area contributed by atoms with Gasteiger partial charge >= 0.3 is 0 Å². The zero-order valence-electron chi connectivity index (χ0n) is 11.8. The lowest BCUT2D eigenvalue weighted by atomic mass is 10.2. The molecule has 6 nitrogen and oxygen atoms in total. The second kappa shape index (κ2) is 5.24. The lowest BCUT2D eigenvalue weighted by Crippen LogP contribution is -2.13. The molecular formula is C15H15N5O. The number of carbonyl (C=O) groups excluding carboxylic acids is 1. The van der Waals surface area contributed by atoms with Gasteiger partial charge in [0.1, 0.15) is 6.33 Å². The molecule has 0 saturated heterocycles. The molecule has 0 radical (unpaired) electrons. The van der Waals surface area contributed by atoms with Gasteiger partial charge in [0.05, 0.1) is 0 Å². The largest absolute Gasteiger partial charge is 0.319 e. The van der Waals surface area contributed by atoms with Gasteiger partial charge in [0.2, 0.25) is 5.95 Å². The van der Waals surface area contributed by atoms with Crippen molar-refractivity contribution in [1.82, 2.24) is 19.7 Å². The molecule has 1 amide bonds. The molecule has 2 N–H and O–H groups in total. The molecule has 106 valence electrons. The smallest absolute Gasteiger partial charge is 0.258 e. The van der Waals surface area contributed by atoms with Crippen molar-refractivity contribution in [3.63, 3.8) is 0 Å². The maximum atomic E-state index is 12.0. The normalized spacial score (nSPS) is 10.6. The summed E-state index contributed by atoms with van der Waals surface area (Å²) in [6.07, 6.45) is 1.34. The average molecular weight is 281 g/mol. The molecule has 3 rings (SSSR count). The first-order valence-corrected chi connectivity index (χ1v) is 6.57. The highest BCUT2D eigenvalue weighted by molar-refractivity contribution is 6.03. The van der Waals surface area contributed by atoms with Crippen LogP contribution in [0.25, 0.3) is 5.69 Å². The van der Waals surface area contributed by atoms with Crippen LogP contribution in [0, 0.1) is 13.8 Å². The Balaban J connectivity index is 1.83. The van der Waals surface area contributed by atoms with E-state index in [4.69, 9.17) is 0 Å². The van der Waals surface area contributed by atoms with Gasteiger partial charge in [-0.25, -0.2) is 5.10 Å². The zero-order chi connectivity index (χ0) is 14.8. The molecule has 0 bridgehead atoms. The number of carbonyl (C=O) groups is 1. The van der Waals surface area contributed by atoms with Gasteiger partial charge in [-0.15, -0.1) is 0 Å². The van der Waals surface area contributed by atoms with Gasteiger partial charge in [-0.1, -0.05) is 0 Å². The van der Waals surface area contributed by atoms with Gasteiger partial charge in [-0.2, -0.15) is 10.1 Å². The van der Waals surface area contributed by atoms with Crippen LogP contribution in [0.2, 0.25) is 0 Å². The van der Waals surface area contributed by atoms with Crippen molar-refractivity contribution < 1.29 is 4.79 Å². The summed E-state index contributed by atoms with van der Waals surface area (Å²) in [7, 11) is 0. The van der Waals surface area contributed by atoms with Crippen molar-refractivity contribution in [2.45, 2.75) is 13.8 Å². The van der Waals surface area contributed by atoms with Crippen LogP contribution < -0.4 is 5.32 Å². The molecule has 0 spiro atoms. The first-order chi connectivity index (χ1) is 10.1. The van der Waals surface area contributed by atoms with Gasteiger partial charge in [-0.3, -0.25) is 10.1 Å². The Morgan fingerprint density at radius 1 is 1.10 bits per heavy atom. The Kier molecular flexibility index (Phi) is 3.27. The number of nitrogens with one attached hydrogen (secondary N) is 2. The summed E-state index contributed by atoms with van der Waals surface area (Å²) in [5.74, 6) is 0.112. The van der Waals surface area contributed by atoms with Gasteiger partial charge in [0.25, 0.3) is 5.91 Å². The first-order valence-electron chi connectivity index (χ1n) is 6.57. The van der Waals surface area contributed by atoms with E-state index in [9.17, 15) is 4.79 Å². The van der Waals surface area contributed by atoms with E-state index >= 15 is 0 Å². The van der Waals surface area contributed by atoms with E-state index in [1.807, 2.05) is 12.1 Å². The lowest BCUT2D eigenvalue weighted by molar-refractivity contribution is 0.102. The molecule has 0 unspecified atom stereocenters. The Bertz CT molecular complexity index is 736. The predicted molar refractivity (Wildman–Crippen MR) is 79.6 cm³/mol. The van der Waals surface area contributed by atoms with Gasteiger partial charge in [-0.05, 0) is 50.2 Å². The molecule has 3 aromatic rings. The summed E-state index contributed by atoms with van der Waals surface area (Å²) in [6, 6.07) is 11.6. The van der Waals surface area contributed by atoms with Gasteiger partial charge in [0.15, 0.2) is 0 Å². The number of anilines is 1. The quantitative estimate of drug-likeness (QED) is 0.774. The highest BCUT2D eigenvalue weighted by Gasteiger charge is 2.09. The standard InChI is InChI=1S/C15H15N5O/c1-10-3-4-11(2)20(10)13-7-5-12(6-8-13)14(21)18-15-16-9-17-19-15/h3-9H,1-2H3,(H2,16,17,18,19,21). The van der Waals surface area contributed by atoms with E-state index in [-0.39, 0.29) is 5.91 Å². The van der Waals surface area contributed by atoms with Crippen LogP contribution in [0.5, 0.6) is 0 Å². The molecule has 0 aliphatic carbocycles. The van der Waals surface area contributed by atoms with E-state index in [0.29, 0.717) is 11.5 Å². The number of nitrogens with zero attached hydrogens (tertiary/aromatic N) is 3. The highest BCUT2D eigenvalue weighted by atomic mass is 16.1. The summed E-state index contributed by atoms with van der Waals surface area (Å²) in [6.45, 7) is 4.11. The summed E-state index contributed by atoms with van der Waals surface area (Å²) >= 11 is 0. The fourth-order valence-electron chi connectivity index (χ4n) is 2.28. The fraction of sp³-hybridized carbons (Fsp3) is 0.133. The number of hydrogen-bond acceptors (Lipinski definition) is 3. The van der Waals surface area contributed by atoms with Crippen LogP contribution in [-0.2, 0) is 0 Å². The topological polar surface area (TPSA) is 75.6 Å². The highest BCUT2D eigenvalue weighted by Crippen LogP contribution is 2.17. The molecule has 2 heterocycles. The number of aromatic nitrogens is 4. The maximum Gasteiger partial charge on any atom is 0.258 e. The van der Waals surface area contributed by atoms with Crippen molar-refractivity contribution >= 4 is 11.9 Å². The molecule has 6 heteroatoms. The third-order valence-corrected chi connectivity index (χ3v) is 3.31. The molecule has 0 atom stereocenters. The van der Waals surface area contributed by atoms with Crippen LogP contribution in [-0.4, -0.2) is 25.7 Å². The van der Waals surface area contributed by atoms with E-state index in [0.717, 1.165) is 17.1 Å². The van der Waals surface area contributed by atoms with Gasteiger partial charge in [0, 0.05) is 22.6 Å². The van der Waals surface area contributed by atoms with Crippen LogP contribution in [0.3, 0.4) is 0 Å². The van der Waals surface area contributed by atoms with Crippen LogP contribution in [0.1, 0.15) is 21.7 Å². The number of benzene rings is 1. The Morgan fingerprint density at radius 3 is 2.33 bits per heavy atom. The van der Waals surface area contributed by atoms with Crippen molar-refractivity contribution in [3.8, 4) is 5.69 Å². The molecule has 21 heavy (non-hydrogen) atoms. The minimum atomic E-state index is -0.223. The van der Waals surface area contributed by atoms with Crippen molar-refractivity contribution in [1.29, 1.82) is 0 Å². The Labute approximate surface area is 121 Å². The summed E-state index contributed by atoms with van der Waals surface area (Å²) in [4.78, 5) is 15.9. The fourth-order valence-corrected chi connectivity index (χ4v) is 2.28. The van der Waals surface area contributed by atoms with Crippen LogP contribution >= 0.6 is 0 Å². The predicted octanol–water partition coefficient (Wildman–Crippen LogP) is 2.46. The monoisotopic (exact) mass is 281 g/mol. The van der Waals surface area contributed by atoms with Crippen molar-refractivity contribution in [2.75, 3.05) is 5.32 Å². The average Bonchev–Trinajstić information content (AvgIpc) is 3.09. The number of rotatable bonds is 3. The third kappa shape index (κ3) is 2.55. The summed E-state index contributed by atoms with van der Waals surface area (Å²) < 4.78 is 2.14. The molecule has 0 saturated carbocycles. The summed E-state index contributed by atoms with van der Waals surface area (Å²) in [5, 5.41) is 8.91. The number of aromatic amines is 1. The van der Waals surface area contributed by atoms with Crippen LogP contribution in [0.4, 0.5) is 5.95 Å². The second-order valence-electron chi connectivity index (χ2n) is 4.79. The van der Waals surface area contributed by atoms with Gasteiger partial charge < -0.3 is 4.57 Å². The SMILES string of the molecule is Cc1ccc(C)n1-c1ccc(C(=O)Nc2ncn[nH]2)cc1. The number of aryl methyl sites for hydroxylation is 2. The zero-order valence-corrected chi connectivity index (χ0v) is 11.8. The molecular weight excluding hydrogens is 266 g/mol. The molecule has 0 aliphatic rings. The minimum Gasteiger partial charge on any atom is -0.319 e. The summed E-state index contributed by atoms with van der Waals surface area (Å²) in [5.41, 5.74) is 3.92. The van der Waals surface area contributed by atoms with E-state index in [1.54, 1.807) is 12.1 Å². The maximum absolute atomic E-state index is 12.0. The lowest BCUT2D eigenvalue weighted by Gasteiger charge is -2.10. The van der Waals surface area contributed by atoms with Crippen molar-refractivity contribution in [2.24, 2.45) is 0 Å². The Morgan fingerprint density at radius 2 is 1.76 bits per heavy atom. The number of H-pyrrole nitrogens is 1. The molecule has 0 aliphatic heterocycles. The van der Waals surface area contributed by atoms with E-state index in [2.05, 4.69) is 51.0 Å². The molecule has 2 aromatic heterocycles. The number of hydrogen-bond donors (Lipinski definition) is 2. The molecule has 0 fully saturated rings. The Hall–Kier alpha value is -2.89. The van der Waals surface area contributed by atoms with E-state index < -0.39 is 0 Å². The first kappa shape index (κ1) is 13.1. The van der Waals surface area contributed by atoms with Crippen molar-refractivity contribution in [3.05, 3.63) is 59.7 Å². The third-order valence-electron chi connectivity index (χ3n) is 3.31. The second-order valence-corrected chi connectivity index (χ2v) is 4.79. The van der Waals surface area contributed by atoms with Crippen LogP contribution in [0.15, 0.2) is 42.7 Å². The minimum absolute atomic E-state index is 0.223. The number of amides is 1.